The number of benzene rings is 1. The van der Waals surface area contributed by atoms with Crippen LogP contribution in [-0.2, 0) is 6.42 Å². The van der Waals surface area contributed by atoms with Crippen molar-refractivity contribution in [2.24, 2.45) is 28.9 Å². The topological polar surface area (TPSA) is 35.2 Å². The first-order valence-electron chi connectivity index (χ1n) is 8.56. The van der Waals surface area contributed by atoms with Gasteiger partial charge in [0, 0.05) is 6.04 Å². The number of nitrogens with two attached hydrogens (primary N) is 1. The van der Waals surface area contributed by atoms with Crippen molar-refractivity contribution in [2.45, 2.75) is 51.0 Å². The molecule has 1 unspecified atom stereocenters. The molecule has 2 nitrogen and oxygen atoms in total. The fourth-order valence-corrected chi connectivity index (χ4v) is 5.96. The molecule has 4 aliphatic rings. The van der Waals surface area contributed by atoms with Gasteiger partial charge in [-0.05, 0) is 79.7 Å². The Hall–Kier alpha value is -1.02. The van der Waals surface area contributed by atoms with Gasteiger partial charge in [0.1, 0.15) is 5.75 Å². The molecule has 0 aliphatic heterocycles. The minimum Gasteiger partial charge on any atom is -0.496 e. The van der Waals surface area contributed by atoms with E-state index in [-0.39, 0.29) is 0 Å². The summed E-state index contributed by atoms with van der Waals surface area (Å²) in [6.07, 6.45) is 9.58. The van der Waals surface area contributed by atoms with Crippen molar-refractivity contribution in [1.82, 2.24) is 0 Å². The molecule has 0 amide bonds. The Balaban J connectivity index is 1.56. The van der Waals surface area contributed by atoms with Crippen LogP contribution < -0.4 is 10.5 Å². The molecule has 0 aromatic heterocycles. The molecule has 114 valence electrons. The van der Waals surface area contributed by atoms with Gasteiger partial charge in [0.15, 0.2) is 0 Å². The molecule has 1 atom stereocenters. The lowest BCUT2D eigenvalue weighted by Crippen LogP contribution is -2.55. The second kappa shape index (κ2) is 5.01. The van der Waals surface area contributed by atoms with Crippen LogP contribution in [0.3, 0.4) is 0 Å². The molecule has 4 fully saturated rings. The highest BCUT2D eigenvalue weighted by Gasteiger charge is 2.53. The Morgan fingerprint density at radius 2 is 1.67 bits per heavy atom. The predicted molar refractivity (Wildman–Crippen MR) is 85.3 cm³/mol. The first-order valence-corrected chi connectivity index (χ1v) is 8.56. The summed E-state index contributed by atoms with van der Waals surface area (Å²) >= 11 is 0. The summed E-state index contributed by atoms with van der Waals surface area (Å²) < 4.78 is 5.51. The zero-order valence-corrected chi connectivity index (χ0v) is 13.1. The average Bonchev–Trinajstić information content (AvgIpc) is 2.46. The summed E-state index contributed by atoms with van der Waals surface area (Å²) in [6.45, 7) is 0. The van der Waals surface area contributed by atoms with Gasteiger partial charge in [-0.25, -0.2) is 0 Å². The van der Waals surface area contributed by atoms with Crippen molar-refractivity contribution in [2.75, 3.05) is 7.11 Å². The summed E-state index contributed by atoms with van der Waals surface area (Å²) in [5.41, 5.74) is 8.48. The minimum absolute atomic E-state index is 0.294. The van der Waals surface area contributed by atoms with Crippen molar-refractivity contribution < 1.29 is 4.74 Å². The molecule has 1 aromatic carbocycles. The molecule has 4 bridgehead atoms. The predicted octanol–water partition coefficient (Wildman–Crippen LogP) is 3.78. The monoisotopic (exact) mass is 285 g/mol. The van der Waals surface area contributed by atoms with Gasteiger partial charge in [-0.15, -0.1) is 0 Å². The van der Waals surface area contributed by atoms with Gasteiger partial charge in [-0.3, -0.25) is 0 Å². The van der Waals surface area contributed by atoms with E-state index in [1.54, 1.807) is 7.11 Å². The lowest BCUT2D eigenvalue weighted by atomic mass is 9.47. The molecule has 21 heavy (non-hydrogen) atoms. The Morgan fingerprint density at radius 3 is 2.24 bits per heavy atom. The van der Waals surface area contributed by atoms with Crippen LogP contribution in [0.5, 0.6) is 5.75 Å². The molecular formula is C19H27NO. The minimum atomic E-state index is 0.294. The van der Waals surface area contributed by atoms with Gasteiger partial charge >= 0.3 is 0 Å². The fraction of sp³-hybridized carbons (Fsp3) is 0.684. The Bertz CT molecular complexity index is 489. The molecule has 0 spiro atoms. The summed E-state index contributed by atoms with van der Waals surface area (Å²) in [6, 6.07) is 8.67. The molecule has 4 aliphatic carbocycles. The van der Waals surface area contributed by atoms with E-state index in [1.807, 2.05) is 6.07 Å². The van der Waals surface area contributed by atoms with E-state index in [9.17, 15) is 0 Å². The normalized spacial score (nSPS) is 38.5. The molecule has 2 heteroatoms. The largest absolute Gasteiger partial charge is 0.496 e. The van der Waals surface area contributed by atoms with E-state index in [4.69, 9.17) is 10.5 Å². The quantitative estimate of drug-likeness (QED) is 0.913. The highest BCUT2D eigenvalue weighted by Crippen LogP contribution is 2.61. The first-order chi connectivity index (χ1) is 10.2. The van der Waals surface area contributed by atoms with E-state index in [0.29, 0.717) is 11.5 Å². The number of para-hydroxylation sites is 1. The summed E-state index contributed by atoms with van der Waals surface area (Å²) in [5.74, 6) is 3.91. The number of hydrogen-bond donors (Lipinski definition) is 1. The smallest absolute Gasteiger partial charge is 0.122 e. The van der Waals surface area contributed by atoms with Crippen LogP contribution >= 0.6 is 0 Å². The van der Waals surface area contributed by atoms with Gasteiger partial charge in [-0.2, -0.15) is 0 Å². The third-order valence-corrected chi connectivity index (χ3v) is 6.50. The third-order valence-electron chi connectivity index (χ3n) is 6.50. The highest BCUT2D eigenvalue weighted by molar-refractivity contribution is 5.34. The number of methoxy groups -OCH3 is 1. The van der Waals surface area contributed by atoms with Gasteiger partial charge in [0.2, 0.25) is 0 Å². The van der Waals surface area contributed by atoms with Gasteiger partial charge in [0.25, 0.3) is 0 Å². The van der Waals surface area contributed by atoms with E-state index in [0.717, 1.165) is 29.9 Å². The SMILES string of the molecule is COc1ccccc1CC(N)C12CC3CC(CC(C3)C1)C2. The maximum absolute atomic E-state index is 6.77. The van der Waals surface area contributed by atoms with Crippen LogP contribution in [0, 0.1) is 23.2 Å². The average molecular weight is 285 g/mol. The van der Waals surface area contributed by atoms with Gasteiger partial charge in [-0.1, -0.05) is 18.2 Å². The summed E-state index contributed by atoms with van der Waals surface area (Å²) in [4.78, 5) is 0. The molecule has 0 radical (unpaired) electrons. The van der Waals surface area contributed by atoms with Gasteiger partial charge < -0.3 is 10.5 Å². The van der Waals surface area contributed by atoms with Crippen LogP contribution in [0.25, 0.3) is 0 Å². The lowest BCUT2D eigenvalue weighted by Gasteiger charge is -2.59. The van der Waals surface area contributed by atoms with Crippen LogP contribution in [0.2, 0.25) is 0 Å². The van der Waals surface area contributed by atoms with E-state index in [1.165, 1.54) is 44.1 Å². The van der Waals surface area contributed by atoms with E-state index >= 15 is 0 Å². The third kappa shape index (κ3) is 2.28. The standard InChI is InChI=1S/C19H27NO/c1-21-17-5-3-2-4-16(17)9-18(20)19-10-13-6-14(11-19)8-15(7-13)12-19/h2-5,13-15,18H,6-12,20H2,1H3. The Kier molecular flexibility index (Phi) is 3.25. The summed E-state index contributed by atoms with van der Waals surface area (Å²) in [5, 5.41) is 0. The van der Waals surface area contributed by atoms with Crippen molar-refractivity contribution in [3.05, 3.63) is 29.8 Å². The van der Waals surface area contributed by atoms with E-state index < -0.39 is 0 Å². The zero-order valence-electron chi connectivity index (χ0n) is 13.1. The number of ether oxygens (including phenoxy) is 1. The molecule has 5 rings (SSSR count). The molecule has 0 saturated heterocycles. The molecule has 2 N–H and O–H groups in total. The molecule has 0 heterocycles. The van der Waals surface area contributed by atoms with Crippen molar-refractivity contribution >= 4 is 0 Å². The number of hydrogen-bond acceptors (Lipinski definition) is 2. The maximum atomic E-state index is 6.77. The Labute approximate surface area is 128 Å². The first kappa shape index (κ1) is 13.6. The molecule has 1 aromatic rings. The van der Waals surface area contributed by atoms with Crippen molar-refractivity contribution in [3.8, 4) is 5.75 Å². The molecular weight excluding hydrogens is 258 g/mol. The molecule has 4 saturated carbocycles. The van der Waals surface area contributed by atoms with Crippen LogP contribution in [0.1, 0.15) is 44.1 Å². The number of rotatable bonds is 4. The zero-order chi connectivity index (χ0) is 14.4. The Morgan fingerprint density at radius 1 is 1.10 bits per heavy atom. The lowest BCUT2D eigenvalue weighted by molar-refractivity contribution is -0.0668. The second-order valence-electron chi connectivity index (χ2n) is 7.90. The fourth-order valence-electron chi connectivity index (χ4n) is 5.96. The van der Waals surface area contributed by atoms with Crippen LogP contribution in [0.4, 0.5) is 0 Å². The highest BCUT2D eigenvalue weighted by atomic mass is 16.5. The maximum Gasteiger partial charge on any atom is 0.122 e. The van der Waals surface area contributed by atoms with Crippen LogP contribution in [-0.4, -0.2) is 13.2 Å². The van der Waals surface area contributed by atoms with E-state index in [2.05, 4.69) is 18.2 Å². The van der Waals surface area contributed by atoms with Crippen LogP contribution in [0.15, 0.2) is 24.3 Å². The summed E-state index contributed by atoms with van der Waals surface area (Å²) in [7, 11) is 1.76. The van der Waals surface area contributed by atoms with Crippen molar-refractivity contribution in [3.63, 3.8) is 0 Å². The second-order valence-corrected chi connectivity index (χ2v) is 7.90. The van der Waals surface area contributed by atoms with Gasteiger partial charge in [0.05, 0.1) is 7.11 Å². The van der Waals surface area contributed by atoms with Crippen molar-refractivity contribution in [1.29, 1.82) is 0 Å².